The number of rotatable bonds is 6. The largest absolute Gasteiger partial charge is 0.369 e. The fraction of sp³-hybridized carbons (Fsp3) is 0.400. The maximum absolute atomic E-state index is 11.2. The van der Waals surface area contributed by atoms with Gasteiger partial charge in [0.2, 0.25) is 0 Å². The number of aliphatic hydroxyl groups is 1. The second-order valence-electron chi connectivity index (χ2n) is 7.37. The Hall–Kier alpha value is -2.78. The van der Waals surface area contributed by atoms with Crippen LogP contribution in [0.1, 0.15) is 49.5 Å². The molecule has 1 unspecified atom stereocenters. The number of carbonyl (C=O) groups is 1. The Kier molecular flexibility index (Phi) is 5.10. The van der Waals surface area contributed by atoms with Crippen LogP contribution in [0.2, 0.25) is 0 Å². The normalized spacial score (nSPS) is 16.3. The molecule has 1 N–H and O–H groups in total. The van der Waals surface area contributed by atoms with E-state index >= 15 is 0 Å². The van der Waals surface area contributed by atoms with E-state index in [1.54, 1.807) is 11.1 Å². The minimum Gasteiger partial charge on any atom is -0.369 e. The van der Waals surface area contributed by atoms with Crippen molar-refractivity contribution in [3.63, 3.8) is 0 Å². The van der Waals surface area contributed by atoms with E-state index in [2.05, 4.69) is 23.9 Å². The molecule has 0 aliphatic carbocycles. The van der Waals surface area contributed by atoms with Gasteiger partial charge in [0, 0.05) is 50.2 Å². The van der Waals surface area contributed by atoms with Crippen LogP contribution in [0.4, 0.5) is 5.00 Å². The third kappa shape index (κ3) is 3.30. The van der Waals surface area contributed by atoms with Gasteiger partial charge in [-0.1, -0.05) is 0 Å². The zero-order valence-corrected chi connectivity index (χ0v) is 17.7. The number of aldehydes is 1. The van der Waals surface area contributed by atoms with Gasteiger partial charge in [-0.25, -0.2) is 9.98 Å². The third-order valence-corrected chi connectivity index (χ3v) is 6.31. The van der Waals surface area contributed by atoms with Gasteiger partial charge in [0.15, 0.2) is 17.9 Å². The second-order valence-corrected chi connectivity index (χ2v) is 8.37. The molecule has 8 nitrogen and oxygen atoms in total. The van der Waals surface area contributed by atoms with Crippen molar-refractivity contribution in [3.8, 4) is 10.6 Å². The average molecular weight is 413 g/mol. The van der Waals surface area contributed by atoms with Gasteiger partial charge in [0.25, 0.3) is 0 Å². The van der Waals surface area contributed by atoms with Crippen LogP contribution in [-0.4, -0.2) is 48.0 Å². The summed E-state index contributed by atoms with van der Waals surface area (Å²) in [6, 6.07) is 2.26. The Labute approximate surface area is 173 Å². The number of hydrogen-bond acceptors (Lipinski definition) is 7. The summed E-state index contributed by atoms with van der Waals surface area (Å²) in [6.45, 7) is 6.52. The van der Waals surface area contributed by atoms with E-state index in [1.807, 2.05) is 41.7 Å². The van der Waals surface area contributed by atoms with Crippen molar-refractivity contribution in [3.05, 3.63) is 41.6 Å². The Bertz CT molecular complexity index is 1080. The predicted octanol–water partition coefficient (Wildman–Crippen LogP) is 3.21. The minimum atomic E-state index is -0.897. The van der Waals surface area contributed by atoms with E-state index in [4.69, 9.17) is 4.99 Å². The molecule has 3 aromatic heterocycles. The van der Waals surface area contributed by atoms with Gasteiger partial charge in [0.05, 0.1) is 4.88 Å². The van der Waals surface area contributed by atoms with E-state index in [0.717, 1.165) is 33.0 Å². The van der Waals surface area contributed by atoms with E-state index in [0.29, 0.717) is 24.6 Å². The Morgan fingerprint density at radius 2 is 2.14 bits per heavy atom. The Balaban J connectivity index is 1.83. The highest BCUT2D eigenvalue weighted by Gasteiger charge is 2.35. The summed E-state index contributed by atoms with van der Waals surface area (Å²) in [5, 5.41) is 16.7. The van der Waals surface area contributed by atoms with Gasteiger partial charge in [-0.15, -0.1) is 11.3 Å². The highest BCUT2D eigenvalue weighted by Crippen LogP contribution is 2.47. The van der Waals surface area contributed by atoms with Gasteiger partial charge in [0.1, 0.15) is 17.0 Å². The molecule has 1 aliphatic rings. The topological polar surface area (TPSA) is 88.5 Å². The number of aromatic nitrogens is 4. The number of imidazole rings is 1. The molecule has 0 fully saturated rings. The molecule has 1 atom stereocenters. The molecule has 0 saturated carbocycles. The summed E-state index contributed by atoms with van der Waals surface area (Å²) < 4.78 is 3.78. The number of aliphatic imine (C=N–C) groups is 1. The van der Waals surface area contributed by atoms with Crippen LogP contribution in [0.5, 0.6) is 0 Å². The number of carbonyl (C=O) groups excluding carboxylic acids is 1. The highest BCUT2D eigenvalue weighted by molar-refractivity contribution is 7.19. The van der Waals surface area contributed by atoms with Crippen molar-refractivity contribution >= 4 is 28.5 Å². The smallest absolute Gasteiger partial charge is 0.176 e. The van der Waals surface area contributed by atoms with Crippen molar-refractivity contribution < 1.29 is 9.90 Å². The monoisotopic (exact) mass is 412 g/mol. The first kappa shape index (κ1) is 19.5. The molecule has 4 heterocycles. The summed E-state index contributed by atoms with van der Waals surface area (Å²) in [6.07, 6.45) is 5.75. The first-order chi connectivity index (χ1) is 13.9. The number of nitrogens with zero attached hydrogens (tertiary/aromatic N) is 6. The maximum Gasteiger partial charge on any atom is 0.176 e. The lowest BCUT2D eigenvalue weighted by atomic mass is 10.1. The van der Waals surface area contributed by atoms with Crippen LogP contribution < -0.4 is 0 Å². The number of aliphatic hydroxyl groups excluding tert-OH is 1. The van der Waals surface area contributed by atoms with Crippen LogP contribution in [0, 0.1) is 6.92 Å². The number of hydrogen-bond donors (Lipinski definition) is 1. The van der Waals surface area contributed by atoms with Crippen LogP contribution in [-0.2, 0) is 11.8 Å². The summed E-state index contributed by atoms with van der Waals surface area (Å²) >= 11 is 1.52. The standard InChI is InChI=1S/C20H24N6O2S/c1-12(2)26-9-6-14(23-26)16-13(3)15-19(29-16)22-18(17-21-7-10-24(17)4)25(20(15)28)8-5-11-27/h6-7,9-12,20,28H,5,8H2,1-4H3. The van der Waals surface area contributed by atoms with Gasteiger partial charge < -0.3 is 19.4 Å². The Morgan fingerprint density at radius 1 is 1.34 bits per heavy atom. The molecule has 9 heteroatoms. The third-order valence-electron chi connectivity index (χ3n) is 5.09. The molecule has 0 bridgehead atoms. The molecule has 0 saturated heterocycles. The SMILES string of the molecule is Cc1c(-c2ccn(C(C)C)n2)sc2c1C(O)N(CCC=O)C(c1nccn1C)=N2. The molecule has 0 amide bonds. The lowest BCUT2D eigenvalue weighted by Crippen LogP contribution is -2.39. The fourth-order valence-corrected chi connectivity index (χ4v) is 4.67. The average Bonchev–Trinajstić information content (AvgIpc) is 3.39. The van der Waals surface area contributed by atoms with Crippen molar-refractivity contribution in [1.29, 1.82) is 0 Å². The molecule has 4 rings (SSSR count). The molecule has 3 aromatic rings. The molecule has 0 aromatic carbocycles. The fourth-order valence-electron chi connectivity index (χ4n) is 3.50. The molecular formula is C20H24N6O2S. The van der Waals surface area contributed by atoms with Gasteiger partial charge in [-0.2, -0.15) is 5.10 Å². The van der Waals surface area contributed by atoms with Crippen LogP contribution in [0.15, 0.2) is 29.6 Å². The number of thiophene rings is 1. The lowest BCUT2D eigenvalue weighted by Gasteiger charge is -2.33. The van der Waals surface area contributed by atoms with Gasteiger partial charge in [-0.05, 0) is 32.4 Å². The van der Waals surface area contributed by atoms with E-state index < -0.39 is 6.23 Å². The van der Waals surface area contributed by atoms with E-state index in [9.17, 15) is 9.90 Å². The summed E-state index contributed by atoms with van der Waals surface area (Å²) in [4.78, 5) is 23.0. The van der Waals surface area contributed by atoms with Crippen LogP contribution in [0.3, 0.4) is 0 Å². The highest BCUT2D eigenvalue weighted by atomic mass is 32.1. The van der Waals surface area contributed by atoms with Gasteiger partial charge >= 0.3 is 0 Å². The van der Waals surface area contributed by atoms with Crippen molar-refractivity contribution in [2.45, 2.75) is 39.5 Å². The number of aryl methyl sites for hydroxylation is 1. The molecule has 152 valence electrons. The van der Waals surface area contributed by atoms with Crippen LogP contribution >= 0.6 is 11.3 Å². The van der Waals surface area contributed by atoms with E-state index in [-0.39, 0.29) is 6.04 Å². The number of fused-ring (bicyclic) bond motifs is 1. The molecule has 0 spiro atoms. The minimum absolute atomic E-state index is 0.274. The summed E-state index contributed by atoms with van der Waals surface area (Å²) in [5.41, 5.74) is 2.61. The Morgan fingerprint density at radius 3 is 2.76 bits per heavy atom. The second kappa shape index (κ2) is 7.57. The number of amidine groups is 1. The zero-order valence-electron chi connectivity index (χ0n) is 16.9. The van der Waals surface area contributed by atoms with Gasteiger partial charge in [-0.3, -0.25) is 4.68 Å². The van der Waals surface area contributed by atoms with Crippen molar-refractivity contribution in [2.75, 3.05) is 6.54 Å². The van der Waals surface area contributed by atoms with Crippen molar-refractivity contribution in [2.24, 2.45) is 12.0 Å². The predicted molar refractivity (Wildman–Crippen MR) is 112 cm³/mol. The molecule has 0 radical (unpaired) electrons. The summed E-state index contributed by atoms with van der Waals surface area (Å²) in [7, 11) is 1.88. The first-order valence-electron chi connectivity index (χ1n) is 9.56. The van der Waals surface area contributed by atoms with Crippen LogP contribution in [0.25, 0.3) is 10.6 Å². The quantitative estimate of drug-likeness (QED) is 0.628. The summed E-state index contributed by atoms with van der Waals surface area (Å²) in [5.74, 6) is 1.22. The zero-order chi connectivity index (χ0) is 20.7. The van der Waals surface area contributed by atoms with E-state index in [1.165, 1.54) is 11.3 Å². The lowest BCUT2D eigenvalue weighted by molar-refractivity contribution is -0.108. The maximum atomic E-state index is 11.2. The molecule has 29 heavy (non-hydrogen) atoms. The molecular weight excluding hydrogens is 388 g/mol. The van der Waals surface area contributed by atoms with Crippen molar-refractivity contribution in [1.82, 2.24) is 24.2 Å². The molecule has 1 aliphatic heterocycles. The first-order valence-corrected chi connectivity index (χ1v) is 10.4.